The average Bonchev–Trinajstić information content (AvgIpc) is 3.12. The van der Waals surface area contributed by atoms with Gasteiger partial charge in [-0.05, 0) is 31.6 Å². The molecule has 1 heterocycles. The van der Waals surface area contributed by atoms with Crippen molar-refractivity contribution in [3.8, 4) is 0 Å². The highest BCUT2D eigenvalue weighted by Crippen LogP contribution is 2.31. The second kappa shape index (κ2) is 5.22. The van der Waals surface area contributed by atoms with E-state index in [1.165, 1.54) is 17.1 Å². The van der Waals surface area contributed by atoms with E-state index < -0.39 is 10.2 Å². The summed E-state index contributed by atoms with van der Waals surface area (Å²) in [6.07, 6.45) is 5.26. The summed E-state index contributed by atoms with van der Waals surface area (Å²) < 4.78 is 28.0. The van der Waals surface area contributed by atoms with Gasteiger partial charge in [-0.3, -0.25) is 0 Å². The minimum atomic E-state index is -3.29. The fraction of sp³-hybridized carbons (Fsp3) is 1.00. The summed E-state index contributed by atoms with van der Waals surface area (Å²) in [6, 6.07) is -0.00426. The molecule has 0 bridgehead atoms. The molecule has 17 heavy (non-hydrogen) atoms. The Morgan fingerprint density at radius 1 is 1.29 bits per heavy atom. The zero-order valence-electron chi connectivity index (χ0n) is 10.5. The number of piperidine rings is 1. The van der Waals surface area contributed by atoms with Gasteiger partial charge in [0.2, 0.25) is 0 Å². The molecule has 1 aliphatic heterocycles. The van der Waals surface area contributed by atoms with Crippen molar-refractivity contribution < 1.29 is 8.42 Å². The molecule has 2 rings (SSSR count). The standard InChI is InChI=1S/C11H23N3O2S/c1-13(9-10-5-6-10)17(15,16)14-7-3-2-4-11(14)8-12/h10-11H,2-9,12H2,1H3. The van der Waals surface area contributed by atoms with Gasteiger partial charge in [-0.15, -0.1) is 0 Å². The van der Waals surface area contributed by atoms with Gasteiger partial charge < -0.3 is 5.73 Å². The number of hydrogen-bond donors (Lipinski definition) is 1. The lowest BCUT2D eigenvalue weighted by atomic mass is 10.1. The van der Waals surface area contributed by atoms with Gasteiger partial charge in [-0.1, -0.05) is 6.42 Å². The van der Waals surface area contributed by atoms with Crippen LogP contribution in [-0.2, 0) is 10.2 Å². The Kier molecular flexibility index (Phi) is 4.07. The number of hydrogen-bond acceptors (Lipinski definition) is 3. The van der Waals surface area contributed by atoms with Crippen LogP contribution in [0.2, 0.25) is 0 Å². The van der Waals surface area contributed by atoms with Crippen molar-refractivity contribution in [2.75, 3.05) is 26.7 Å². The summed E-state index contributed by atoms with van der Waals surface area (Å²) in [5.74, 6) is 0.580. The molecule has 0 aromatic heterocycles. The first kappa shape index (κ1) is 13.3. The van der Waals surface area contributed by atoms with Crippen molar-refractivity contribution in [2.45, 2.75) is 38.1 Å². The summed E-state index contributed by atoms with van der Waals surface area (Å²) in [5, 5.41) is 0. The third-order valence-electron chi connectivity index (χ3n) is 3.75. The molecule has 0 amide bonds. The molecule has 6 heteroatoms. The van der Waals surface area contributed by atoms with Gasteiger partial charge >= 0.3 is 0 Å². The molecule has 1 saturated heterocycles. The lowest BCUT2D eigenvalue weighted by Gasteiger charge is -2.36. The predicted octanol–water partition coefficient (Wildman–Crippen LogP) is 0.386. The molecular formula is C11H23N3O2S. The van der Waals surface area contributed by atoms with Crippen LogP contribution in [0.15, 0.2) is 0 Å². The summed E-state index contributed by atoms with van der Waals surface area (Å²) in [6.45, 7) is 1.71. The second-order valence-corrected chi connectivity index (χ2v) is 7.22. The molecule has 2 N–H and O–H groups in total. The minimum Gasteiger partial charge on any atom is -0.329 e. The molecule has 1 atom stereocenters. The highest BCUT2D eigenvalue weighted by molar-refractivity contribution is 7.86. The van der Waals surface area contributed by atoms with E-state index in [1.807, 2.05) is 0 Å². The largest absolute Gasteiger partial charge is 0.329 e. The topological polar surface area (TPSA) is 66.6 Å². The third kappa shape index (κ3) is 2.99. The van der Waals surface area contributed by atoms with E-state index in [0.717, 1.165) is 19.3 Å². The van der Waals surface area contributed by atoms with Gasteiger partial charge in [0.25, 0.3) is 10.2 Å². The Balaban J connectivity index is 2.05. The maximum atomic E-state index is 12.4. The first-order chi connectivity index (χ1) is 8.05. The summed E-state index contributed by atoms with van der Waals surface area (Å²) >= 11 is 0. The van der Waals surface area contributed by atoms with Crippen LogP contribution in [0, 0.1) is 5.92 Å². The molecule has 0 aromatic rings. The zero-order valence-corrected chi connectivity index (χ0v) is 11.3. The minimum absolute atomic E-state index is 0.00426. The summed E-state index contributed by atoms with van der Waals surface area (Å²) in [4.78, 5) is 0. The van der Waals surface area contributed by atoms with E-state index in [1.54, 1.807) is 11.4 Å². The zero-order chi connectivity index (χ0) is 12.5. The number of nitrogens with two attached hydrogens (primary N) is 1. The van der Waals surface area contributed by atoms with E-state index in [-0.39, 0.29) is 6.04 Å². The van der Waals surface area contributed by atoms with E-state index >= 15 is 0 Å². The maximum absolute atomic E-state index is 12.4. The van der Waals surface area contributed by atoms with Crippen molar-refractivity contribution in [3.05, 3.63) is 0 Å². The van der Waals surface area contributed by atoms with Crippen LogP contribution < -0.4 is 5.73 Å². The molecule has 0 radical (unpaired) electrons. The lowest BCUT2D eigenvalue weighted by Crippen LogP contribution is -2.52. The first-order valence-corrected chi connectivity index (χ1v) is 7.88. The van der Waals surface area contributed by atoms with Crippen LogP contribution >= 0.6 is 0 Å². The summed E-state index contributed by atoms with van der Waals surface area (Å²) in [7, 11) is -1.60. The fourth-order valence-electron chi connectivity index (χ4n) is 2.45. The Morgan fingerprint density at radius 3 is 2.59 bits per heavy atom. The number of nitrogens with zero attached hydrogens (tertiary/aromatic N) is 2. The third-order valence-corrected chi connectivity index (χ3v) is 5.76. The van der Waals surface area contributed by atoms with E-state index in [0.29, 0.717) is 25.6 Å². The van der Waals surface area contributed by atoms with Crippen LogP contribution in [0.4, 0.5) is 0 Å². The monoisotopic (exact) mass is 261 g/mol. The smallest absolute Gasteiger partial charge is 0.282 e. The Morgan fingerprint density at radius 2 is 2.00 bits per heavy atom. The van der Waals surface area contributed by atoms with Crippen LogP contribution in [-0.4, -0.2) is 49.8 Å². The molecule has 1 unspecified atom stereocenters. The average molecular weight is 261 g/mol. The quantitative estimate of drug-likeness (QED) is 0.778. The van der Waals surface area contributed by atoms with Crippen LogP contribution in [0.25, 0.3) is 0 Å². The van der Waals surface area contributed by atoms with Crippen LogP contribution in [0.5, 0.6) is 0 Å². The SMILES string of the molecule is CN(CC1CC1)S(=O)(=O)N1CCCCC1CN. The first-order valence-electron chi connectivity index (χ1n) is 6.49. The molecule has 2 fully saturated rings. The van der Waals surface area contributed by atoms with Crippen LogP contribution in [0.3, 0.4) is 0 Å². The van der Waals surface area contributed by atoms with Gasteiger partial charge in [0.15, 0.2) is 0 Å². The highest BCUT2D eigenvalue weighted by Gasteiger charge is 2.36. The van der Waals surface area contributed by atoms with E-state index in [2.05, 4.69) is 0 Å². The molecule has 5 nitrogen and oxygen atoms in total. The van der Waals surface area contributed by atoms with Gasteiger partial charge in [0.05, 0.1) is 0 Å². The molecule has 2 aliphatic rings. The maximum Gasteiger partial charge on any atom is 0.282 e. The van der Waals surface area contributed by atoms with Crippen molar-refractivity contribution in [1.29, 1.82) is 0 Å². The normalized spacial score (nSPS) is 27.6. The number of rotatable bonds is 5. The molecule has 100 valence electrons. The Bertz CT molecular complexity index is 354. The Hall–Kier alpha value is -0.170. The highest BCUT2D eigenvalue weighted by atomic mass is 32.2. The van der Waals surface area contributed by atoms with Crippen molar-refractivity contribution in [1.82, 2.24) is 8.61 Å². The molecule has 0 spiro atoms. The van der Waals surface area contributed by atoms with Crippen molar-refractivity contribution in [3.63, 3.8) is 0 Å². The van der Waals surface area contributed by atoms with Crippen LogP contribution in [0.1, 0.15) is 32.1 Å². The van der Waals surface area contributed by atoms with Gasteiger partial charge in [0, 0.05) is 32.7 Å². The predicted molar refractivity (Wildman–Crippen MR) is 67.7 cm³/mol. The van der Waals surface area contributed by atoms with Gasteiger partial charge in [0.1, 0.15) is 0 Å². The molecule has 1 aliphatic carbocycles. The Labute approximate surface area is 104 Å². The van der Waals surface area contributed by atoms with Crippen molar-refractivity contribution >= 4 is 10.2 Å². The van der Waals surface area contributed by atoms with E-state index in [4.69, 9.17) is 5.73 Å². The fourth-order valence-corrected chi connectivity index (χ4v) is 4.14. The molecule has 1 saturated carbocycles. The van der Waals surface area contributed by atoms with Gasteiger partial charge in [-0.2, -0.15) is 17.0 Å². The van der Waals surface area contributed by atoms with E-state index in [9.17, 15) is 8.42 Å². The second-order valence-electron chi connectivity index (χ2n) is 5.23. The summed E-state index contributed by atoms with van der Waals surface area (Å²) in [5.41, 5.74) is 5.68. The lowest BCUT2D eigenvalue weighted by molar-refractivity contribution is 0.239. The van der Waals surface area contributed by atoms with Crippen molar-refractivity contribution in [2.24, 2.45) is 11.7 Å². The molecular weight excluding hydrogens is 238 g/mol. The van der Waals surface area contributed by atoms with Gasteiger partial charge in [-0.25, -0.2) is 0 Å². The molecule has 0 aromatic carbocycles.